The van der Waals surface area contributed by atoms with Crippen molar-refractivity contribution in [2.24, 2.45) is 4.99 Å². The molecule has 1 aromatic rings. The van der Waals surface area contributed by atoms with Crippen LogP contribution in [0.15, 0.2) is 38.6 Å². The van der Waals surface area contributed by atoms with Gasteiger partial charge < -0.3 is 10.6 Å². The van der Waals surface area contributed by atoms with Gasteiger partial charge in [0.05, 0.1) is 17.2 Å². The molecule has 0 saturated carbocycles. The number of nitrogens with zero attached hydrogens (tertiary/aromatic N) is 2. The Morgan fingerprint density at radius 2 is 2.00 bits per heavy atom. The molecule has 1 heterocycles. The molecule has 1 saturated heterocycles. The second-order valence-corrected chi connectivity index (χ2v) is 9.37. The van der Waals surface area contributed by atoms with Crippen molar-refractivity contribution in [3.8, 4) is 0 Å². The maximum atomic E-state index is 12.4. The summed E-state index contributed by atoms with van der Waals surface area (Å²) in [7, 11) is -3.31. The molecule has 1 aromatic carbocycles. The molecule has 146 valence electrons. The third-order valence-electron chi connectivity index (χ3n) is 4.55. The van der Waals surface area contributed by atoms with Crippen LogP contribution in [-0.4, -0.2) is 63.8 Å². The lowest BCUT2D eigenvalue weighted by Crippen LogP contribution is -2.41. The van der Waals surface area contributed by atoms with Gasteiger partial charge in [-0.05, 0) is 57.1 Å². The molecule has 1 aliphatic rings. The number of benzene rings is 1. The van der Waals surface area contributed by atoms with Crippen molar-refractivity contribution in [1.82, 2.24) is 15.5 Å². The van der Waals surface area contributed by atoms with Gasteiger partial charge in [-0.25, -0.2) is 8.42 Å². The molecule has 0 bridgehead atoms. The van der Waals surface area contributed by atoms with E-state index in [2.05, 4.69) is 43.4 Å². The molecular weight excluding hydrogens is 416 g/mol. The SMILES string of the molecule is CCNC(=NCC1CCCN1CC)NCCS(=O)(=O)c1ccc(Br)cc1. The number of aliphatic imine (C=N–C) groups is 1. The smallest absolute Gasteiger partial charge is 0.191 e. The van der Waals surface area contributed by atoms with Crippen LogP contribution in [0.25, 0.3) is 0 Å². The van der Waals surface area contributed by atoms with Gasteiger partial charge in [0.15, 0.2) is 15.8 Å². The van der Waals surface area contributed by atoms with E-state index in [0.717, 1.165) is 30.7 Å². The number of likely N-dealkylation sites (tertiary alicyclic amines) is 1. The number of hydrogen-bond acceptors (Lipinski definition) is 4. The average molecular weight is 445 g/mol. The minimum absolute atomic E-state index is 0.0313. The highest BCUT2D eigenvalue weighted by atomic mass is 79.9. The van der Waals surface area contributed by atoms with Crippen molar-refractivity contribution in [3.05, 3.63) is 28.7 Å². The molecule has 1 unspecified atom stereocenters. The van der Waals surface area contributed by atoms with E-state index in [9.17, 15) is 8.42 Å². The van der Waals surface area contributed by atoms with E-state index in [1.54, 1.807) is 24.3 Å². The summed E-state index contributed by atoms with van der Waals surface area (Å²) in [5, 5.41) is 6.34. The van der Waals surface area contributed by atoms with Gasteiger partial charge in [-0.3, -0.25) is 9.89 Å². The zero-order valence-corrected chi connectivity index (χ0v) is 17.9. The molecule has 2 N–H and O–H groups in total. The van der Waals surface area contributed by atoms with Gasteiger partial charge in [0, 0.05) is 23.6 Å². The topological polar surface area (TPSA) is 73.8 Å². The van der Waals surface area contributed by atoms with Crippen LogP contribution in [0.2, 0.25) is 0 Å². The molecule has 26 heavy (non-hydrogen) atoms. The summed E-state index contributed by atoms with van der Waals surface area (Å²) >= 11 is 3.32. The summed E-state index contributed by atoms with van der Waals surface area (Å²) in [5.41, 5.74) is 0. The largest absolute Gasteiger partial charge is 0.357 e. The molecular formula is C18H29BrN4O2S. The number of likely N-dealkylation sites (N-methyl/N-ethyl adjacent to an activating group) is 1. The third kappa shape index (κ3) is 6.25. The van der Waals surface area contributed by atoms with Gasteiger partial charge in [-0.1, -0.05) is 22.9 Å². The fourth-order valence-electron chi connectivity index (χ4n) is 3.12. The fourth-order valence-corrected chi connectivity index (χ4v) is 4.54. The van der Waals surface area contributed by atoms with E-state index in [0.29, 0.717) is 23.4 Å². The first-order valence-electron chi connectivity index (χ1n) is 9.20. The highest BCUT2D eigenvalue weighted by molar-refractivity contribution is 9.10. The Bertz CT molecular complexity index is 692. The monoisotopic (exact) mass is 444 g/mol. The van der Waals surface area contributed by atoms with Crippen molar-refractivity contribution < 1.29 is 8.42 Å². The van der Waals surface area contributed by atoms with Gasteiger partial charge in [-0.15, -0.1) is 0 Å². The van der Waals surface area contributed by atoms with Gasteiger partial charge in [0.25, 0.3) is 0 Å². The lowest BCUT2D eigenvalue weighted by molar-refractivity contribution is 0.273. The van der Waals surface area contributed by atoms with Crippen LogP contribution in [0.3, 0.4) is 0 Å². The van der Waals surface area contributed by atoms with E-state index >= 15 is 0 Å². The van der Waals surface area contributed by atoms with Gasteiger partial charge in [-0.2, -0.15) is 0 Å². The van der Waals surface area contributed by atoms with Crippen LogP contribution in [0.4, 0.5) is 0 Å². The lowest BCUT2D eigenvalue weighted by Gasteiger charge is -2.21. The summed E-state index contributed by atoms with van der Waals surface area (Å²) in [6.45, 7) is 8.19. The molecule has 8 heteroatoms. The molecule has 0 radical (unpaired) electrons. The molecule has 1 fully saturated rings. The lowest BCUT2D eigenvalue weighted by atomic mass is 10.2. The Morgan fingerprint density at radius 3 is 2.65 bits per heavy atom. The second kappa shape index (κ2) is 10.3. The quantitative estimate of drug-likeness (QED) is 0.475. The summed E-state index contributed by atoms with van der Waals surface area (Å²) in [6, 6.07) is 7.22. The summed E-state index contributed by atoms with van der Waals surface area (Å²) < 4.78 is 25.7. The van der Waals surface area contributed by atoms with Gasteiger partial charge >= 0.3 is 0 Å². The van der Waals surface area contributed by atoms with Crippen molar-refractivity contribution in [3.63, 3.8) is 0 Å². The van der Waals surface area contributed by atoms with Crippen molar-refractivity contribution >= 4 is 31.7 Å². The van der Waals surface area contributed by atoms with Crippen LogP contribution < -0.4 is 10.6 Å². The minimum Gasteiger partial charge on any atom is -0.357 e. The summed E-state index contributed by atoms with van der Waals surface area (Å²) in [6.07, 6.45) is 2.40. The molecule has 1 aliphatic heterocycles. The Morgan fingerprint density at radius 1 is 1.27 bits per heavy atom. The minimum atomic E-state index is -3.31. The Balaban J connectivity index is 1.89. The van der Waals surface area contributed by atoms with Crippen molar-refractivity contribution in [2.45, 2.75) is 37.6 Å². The molecule has 1 atom stereocenters. The standard InChI is InChI=1S/C18H29BrN4O2S/c1-3-20-18(22-14-16-6-5-12-23(16)4-2)21-11-13-26(24,25)17-9-7-15(19)8-10-17/h7-10,16H,3-6,11-14H2,1-2H3,(H2,20,21,22). The van der Waals surface area contributed by atoms with E-state index in [1.807, 2.05) is 6.92 Å². The molecule has 0 aliphatic carbocycles. The first kappa shape index (κ1) is 21.2. The number of halogens is 1. The van der Waals surface area contributed by atoms with Crippen molar-refractivity contribution in [2.75, 3.05) is 38.5 Å². The number of hydrogen-bond donors (Lipinski definition) is 2. The van der Waals surface area contributed by atoms with E-state index in [1.165, 1.54) is 12.8 Å². The van der Waals surface area contributed by atoms with E-state index in [4.69, 9.17) is 0 Å². The Kier molecular flexibility index (Phi) is 8.37. The van der Waals surface area contributed by atoms with Crippen molar-refractivity contribution in [1.29, 1.82) is 0 Å². The Labute approximate surface area is 165 Å². The number of rotatable bonds is 8. The number of sulfone groups is 1. The zero-order chi connectivity index (χ0) is 19.0. The predicted octanol–water partition coefficient (Wildman–Crippen LogP) is 2.26. The van der Waals surface area contributed by atoms with Crippen LogP contribution in [-0.2, 0) is 9.84 Å². The predicted molar refractivity (Wildman–Crippen MR) is 110 cm³/mol. The third-order valence-corrected chi connectivity index (χ3v) is 6.81. The van der Waals surface area contributed by atoms with Crippen LogP contribution in [0.5, 0.6) is 0 Å². The first-order valence-corrected chi connectivity index (χ1v) is 11.7. The van der Waals surface area contributed by atoms with E-state index in [-0.39, 0.29) is 5.75 Å². The maximum absolute atomic E-state index is 12.4. The van der Waals surface area contributed by atoms with Crippen LogP contribution in [0, 0.1) is 0 Å². The molecule has 0 aromatic heterocycles. The highest BCUT2D eigenvalue weighted by Crippen LogP contribution is 2.17. The van der Waals surface area contributed by atoms with Gasteiger partial charge in [0.1, 0.15) is 0 Å². The second-order valence-electron chi connectivity index (χ2n) is 6.34. The maximum Gasteiger partial charge on any atom is 0.191 e. The number of guanidine groups is 1. The fraction of sp³-hybridized carbons (Fsp3) is 0.611. The van der Waals surface area contributed by atoms with Gasteiger partial charge in [0.2, 0.25) is 0 Å². The first-order chi connectivity index (χ1) is 12.5. The zero-order valence-electron chi connectivity index (χ0n) is 15.5. The Hall–Kier alpha value is -1.12. The molecule has 2 rings (SSSR count). The molecule has 6 nitrogen and oxygen atoms in total. The van der Waals surface area contributed by atoms with Crippen LogP contribution >= 0.6 is 15.9 Å². The highest BCUT2D eigenvalue weighted by Gasteiger charge is 2.22. The van der Waals surface area contributed by atoms with E-state index < -0.39 is 9.84 Å². The summed E-state index contributed by atoms with van der Waals surface area (Å²) in [5.74, 6) is 0.713. The average Bonchev–Trinajstić information content (AvgIpc) is 3.07. The summed E-state index contributed by atoms with van der Waals surface area (Å²) in [4.78, 5) is 7.44. The van der Waals surface area contributed by atoms with Crippen LogP contribution in [0.1, 0.15) is 26.7 Å². The molecule has 0 amide bonds. The normalized spacial score (nSPS) is 18.9. The number of nitrogens with one attached hydrogen (secondary N) is 2. The molecule has 0 spiro atoms.